The highest BCUT2D eigenvalue weighted by atomic mass is 127. The average Bonchev–Trinajstić information content (AvgIpc) is 3.32. The number of amides is 2. The number of hydrogen-bond donors (Lipinski definition) is 2. The second kappa shape index (κ2) is 10.5. The number of nitrogens with zero attached hydrogens (tertiary/aromatic N) is 2. The summed E-state index contributed by atoms with van der Waals surface area (Å²) in [4.78, 5) is 30.9. The quantitative estimate of drug-likeness (QED) is 0.125. The van der Waals surface area contributed by atoms with Crippen molar-refractivity contribution in [2.75, 3.05) is 38.2 Å². The van der Waals surface area contributed by atoms with Gasteiger partial charge in [-0.1, -0.05) is 18.2 Å². The summed E-state index contributed by atoms with van der Waals surface area (Å²) in [7, 11) is 1.74. The van der Waals surface area contributed by atoms with Gasteiger partial charge in [-0.05, 0) is 24.7 Å². The minimum Gasteiger partial charge on any atom is -0.356 e. The number of imide groups is 1. The van der Waals surface area contributed by atoms with Crippen molar-refractivity contribution in [3.8, 4) is 0 Å². The zero-order valence-electron chi connectivity index (χ0n) is 15.7. The van der Waals surface area contributed by atoms with E-state index >= 15 is 0 Å². The summed E-state index contributed by atoms with van der Waals surface area (Å²) in [5.41, 5.74) is 0. The Morgan fingerprint density at radius 1 is 1.26 bits per heavy atom. The Bertz CT molecular complexity index is 595. The van der Waals surface area contributed by atoms with E-state index in [-0.39, 0.29) is 59.5 Å². The SMILES string of the molecule is C=CCSCCNC(=NC)NCCCN1C(=O)C2C3C=CC(C3)C2C1=O.I. The van der Waals surface area contributed by atoms with E-state index in [2.05, 4.69) is 34.4 Å². The maximum Gasteiger partial charge on any atom is 0.233 e. The average molecular weight is 504 g/mol. The molecule has 1 heterocycles. The predicted molar refractivity (Wildman–Crippen MR) is 121 cm³/mol. The molecule has 6 nitrogen and oxygen atoms in total. The van der Waals surface area contributed by atoms with Gasteiger partial charge in [0.25, 0.3) is 0 Å². The third kappa shape index (κ3) is 4.88. The van der Waals surface area contributed by atoms with Crippen LogP contribution in [0.4, 0.5) is 0 Å². The van der Waals surface area contributed by atoms with E-state index in [1.807, 2.05) is 17.8 Å². The van der Waals surface area contributed by atoms with Gasteiger partial charge in [0.05, 0.1) is 11.8 Å². The van der Waals surface area contributed by atoms with E-state index in [0.29, 0.717) is 13.1 Å². The summed E-state index contributed by atoms with van der Waals surface area (Å²) >= 11 is 1.81. The first-order valence-corrected chi connectivity index (χ1v) is 10.5. The maximum atomic E-state index is 12.6. The van der Waals surface area contributed by atoms with Crippen LogP contribution in [0.1, 0.15) is 12.8 Å². The van der Waals surface area contributed by atoms with Crippen molar-refractivity contribution in [1.82, 2.24) is 15.5 Å². The van der Waals surface area contributed by atoms with Gasteiger partial charge in [0.1, 0.15) is 0 Å². The third-order valence-corrected chi connectivity index (χ3v) is 6.37. The summed E-state index contributed by atoms with van der Waals surface area (Å²) in [6.45, 7) is 5.70. The molecule has 2 N–H and O–H groups in total. The van der Waals surface area contributed by atoms with E-state index in [4.69, 9.17) is 0 Å². The number of thioether (sulfide) groups is 1. The highest BCUT2D eigenvalue weighted by Crippen LogP contribution is 2.52. The van der Waals surface area contributed by atoms with Crippen molar-refractivity contribution in [3.63, 3.8) is 0 Å². The maximum absolute atomic E-state index is 12.6. The van der Waals surface area contributed by atoms with Crippen molar-refractivity contribution in [2.24, 2.45) is 28.7 Å². The number of halogens is 1. The second-order valence-electron chi connectivity index (χ2n) is 6.97. The highest BCUT2D eigenvalue weighted by molar-refractivity contribution is 14.0. The lowest BCUT2D eigenvalue weighted by Crippen LogP contribution is -2.40. The standard InChI is InChI=1S/C19H28N4O2S.HI/c1-3-10-26-11-8-22-19(20-2)21-7-4-9-23-17(24)15-13-5-6-14(12-13)16(15)18(23)25;/h3,5-6,13-16H,1,4,7-12H2,2H3,(H2,20,21,22);1H. The number of likely N-dealkylation sites (tertiary alicyclic amines) is 1. The van der Waals surface area contributed by atoms with Crippen LogP contribution in [-0.2, 0) is 9.59 Å². The molecule has 2 fully saturated rings. The third-order valence-electron chi connectivity index (χ3n) is 5.41. The molecule has 0 radical (unpaired) electrons. The van der Waals surface area contributed by atoms with Gasteiger partial charge in [0, 0.05) is 38.2 Å². The molecule has 3 aliphatic rings. The number of allylic oxidation sites excluding steroid dienone is 2. The van der Waals surface area contributed by atoms with Crippen molar-refractivity contribution in [3.05, 3.63) is 24.8 Å². The molecule has 0 aromatic rings. The fraction of sp³-hybridized carbons (Fsp3) is 0.632. The smallest absolute Gasteiger partial charge is 0.233 e. The number of hydrogen-bond acceptors (Lipinski definition) is 4. The molecule has 1 saturated carbocycles. The van der Waals surface area contributed by atoms with Crippen LogP contribution >= 0.6 is 35.7 Å². The van der Waals surface area contributed by atoms with E-state index in [9.17, 15) is 9.59 Å². The molecule has 0 spiro atoms. The Morgan fingerprint density at radius 3 is 2.48 bits per heavy atom. The zero-order valence-corrected chi connectivity index (χ0v) is 18.9. The molecular formula is C19H29IN4O2S. The van der Waals surface area contributed by atoms with Gasteiger partial charge >= 0.3 is 0 Å². The molecule has 0 aromatic carbocycles. The lowest BCUT2D eigenvalue weighted by molar-refractivity contribution is -0.140. The van der Waals surface area contributed by atoms with Crippen LogP contribution in [-0.4, -0.2) is 60.9 Å². The van der Waals surface area contributed by atoms with Crippen molar-refractivity contribution in [2.45, 2.75) is 12.8 Å². The minimum absolute atomic E-state index is 0. The van der Waals surface area contributed by atoms with Gasteiger partial charge in [-0.15, -0.1) is 30.6 Å². The van der Waals surface area contributed by atoms with Gasteiger partial charge in [0.15, 0.2) is 5.96 Å². The summed E-state index contributed by atoms with van der Waals surface area (Å²) in [5, 5.41) is 6.50. The molecule has 27 heavy (non-hydrogen) atoms. The molecule has 1 saturated heterocycles. The van der Waals surface area contributed by atoms with E-state index in [1.165, 1.54) is 4.90 Å². The van der Waals surface area contributed by atoms with Crippen molar-refractivity contribution in [1.29, 1.82) is 0 Å². The summed E-state index contributed by atoms with van der Waals surface area (Å²) in [6.07, 6.45) is 7.87. The van der Waals surface area contributed by atoms with E-state index < -0.39 is 0 Å². The van der Waals surface area contributed by atoms with Crippen LogP contribution in [0, 0.1) is 23.7 Å². The monoisotopic (exact) mass is 504 g/mol. The number of fused-ring (bicyclic) bond motifs is 5. The number of aliphatic imine (C=N–C) groups is 1. The van der Waals surface area contributed by atoms with Crippen LogP contribution in [0.5, 0.6) is 0 Å². The van der Waals surface area contributed by atoms with Gasteiger partial charge < -0.3 is 10.6 Å². The van der Waals surface area contributed by atoms with Gasteiger partial charge in [-0.3, -0.25) is 19.5 Å². The summed E-state index contributed by atoms with van der Waals surface area (Å²) in [5.74, 6) is 3.16. The molecule has 1 aliphatic heterocycles. The van der Waals surface area contributed by atoms with Gasteiger partial charge in [-0.25, -0.2) is 0 Å². The number of carbonyl (C=O) groups is 2. The lowest BCUT2D eigenvalue weighted by Gasteiger charge is -2.18. The molecule has 3 rings (SSSR count). The topological polar surface area (TPSA) is 73.8 Å². The largest absolute Gasteiger partial charge is 0.356 e. The molecule has 150 valence electrons. The van der Waals surface area contributed by atoms with E-state index in [1.54, 1.807) is 7.05 Å². The Labute approximate surface area is 182 Å². The Kier molecular flexibility index (Phi) is 8.65. The second-order valence-corrected chi connectivity index (χ2v) is 8.12. The lowest BCUT2D eigenvalue weighted by atomic mass is 9.85. The van der Waals surface area contributed by atoms with Crippen LogP contribution in [0.2, 0.25) is 0 Å². The molecular weight excluding hydrogens is 475 g/mol. The number of carbonyl (C=O) groups excluding carboxylic acids is 2. The van der Waals surface area contributed by atoms with Crippen LogP contribution in [0.25, 0.3) is 0 Å². The van der Waals surface area contributed by atoms with E-state index in [0.717, 1.165) is 36.9 Å². The van der Waals surface area contributed by atoms with Gasteiger partial charge in [0.2, 0.25) is 11.8 Å². The van der Waals surface area contributed by atoms with Crippen molar-refractivity contribution < 1.29 is 9.59 Å². The first kappa shape index (κ1) is 22.3. The summed E-state index contributed by atoms with van der Waals surface area (Å²) < 4.78 is 0. The first-order chi connectivity index (χ1) is 12.7. The van der Waals surface area contributed by atoms with Crippen LogP contribution in [0.15, 0.2) is 29.8 Å². The predicted octanol–water partition coefficient (Wildman–Crippen LogP) is 1.89. The number of guanidine groups is 1. The van der Waals surface area contributed by atoms with Crippen LogP contribution in [0.3, 0.4) is 0 Å². The first-order valence-electron chi connectivity index (χ1n) is 9.34. The van der Waals surface area contributed by atoms with Crippen molar-refractivity contribution >= 4 is 53.5 Å². The minimum atomic E-state index is -0.0899. The molecule has 2 bridgehead atoms. The normalized spacial score (nSPS) is 28.3. The molecule has 8 heteroatoms. The summed E-state index contributed by atoms with van der Waals surface area (Å²) in [6, 6.07) is 0. The molecule has 2 amide bonds. The zero-order chi connectivity index (χ0) is 18.5. The molecule has 4 atom stereocenters. The fourth-order valence-corrected chi connectivity index (χ4v) is 4.84. The number of rotatable bonds is 9. The Hall–Kier alpha value is -1.03. The number of nitrogens with one attached hydrogen (secondary N) is 2. The van der Waals surface area contributed by atoms with Gasteiger partial charge in [-0.2, -0.15) is 11.8 Å². The molecule has 4 unspecified atom stereocenters. The fourth-order valence-electron chi connectivity index (χ4n) is 4.26. The molecule has 0 aromatic heterocycles. The highest BCUT2D eigenvalue weighted by Gasteiger charge is 2.58. The van der Waals surface area contributed by atoms with Crippen LogP contribution < -0.4 is 10.6 Å². The Balaban J connectivity index is 0.00000261. The molecule has 2 aliphatic carbocycles. The Morgan fingerprint density at radius 2 is 1.89 bits per heavy atom.